The maximum absolute atomic E-state index is 11.6. The van der Waals surface area contributed by atoms with Gasteiger partial charge < -0.3 is 10.1 Å². The first kappa shape index (κ1) is 16.9. The van der Waals surface area contributed by atoms with E-state index in [1.54, 1.807) is 18.4 Å². The zero-order valence-electron chi connectivity index (χ0n) is 12.8. The van der Waals surface area contributed by atoms with E-state index in [2.05, 4.69) is 20.5 Å². The number of thioether (sulfide) groups is 1. The van der Waals surface area contributed by atoms with Gasteiger partial charge in [0.25, 0.3) is 0 Å². The molecule has 2 rings (SSSR count). The average Bonchev–Trinajstić information content (AvgIpc) is 2.85. The third-order valence-corrected chi connectivity index (χ3v) is 4.77. The van der Waals surface area contributed by atoms with Crippen LogP contribution >= 0.6 is 23.1 Å². The Balaban J connectivity index is 1.89. The number of rotatable bonds is 7. The number of methoxy groups -OCH3 is 1. The first-order chi connectivity index (χ1) is 10.6. The third kappa shape index (κ3) is 4.75. The van der Waals surface area contributed by atoms with Crippen molar-refractivity contribution in [1.82, 2.24) is 20.5 Å². The summed E-state index contributed by atoms with van der Waals surface area (Å²) in [5, 5.41) is 12.9. The van der Waals surface area contributed by atoms with Gasteiger partial charge in [-0.25, -0.2) is 4.98 Å². The fraction of sp³-hybridized carbons (Fsp3) is 0.429. The van der Waals surface area contributed by atoms with Crippen LogP contribution in [0.5, 0.6) is 0 Å². The Kier molecular flexibility index (Phi) is 6.29. The lowest BCUT2D eigenvalue weighted by Crippen LogP contribution is -2.28. The number of carbonyl (C=O) groups is 1. The summed E-state index contributed by atoms with van der Waals surface area (Å²) in [6, 6.07) is 3.79. The van der Waals surface area contributed by atoms with Gasteiger partial charge in [0.2, 0.25) is 5.91 Å². The molecule has 2 aromatic heterocycles. The van der Waals surface area contributed by atoms with Crippen molar-refractivity contribution in [3.05, 3.63) is 22.8 Å². The molecule has 22 heavy (non-hydrogen) atoms. The highest BCUT2D eigenvalue weighted by molar-refractivity contribution is 7.99. The summed E-state index contributed by atoms with van der Waals surface area (Å²) in [6.07, 6.45) is 0. The van der Waals surface area contributed by atoms with Gasteiger partial charge in [0.15, 0.2) is 0 Å². The Morgan fingerprint density at radius 3 is 2.77 bits per heavy atom. The van der Waals surface area contributed by atoms with E-state index >= 15 is 0 Å². The minimum Gasteiger partial charge on any atom is -0.383 e. The fourth-order valence-corrected chi connectivity index (χ4v) is 3.30. The zero-order chi connectivity index (χ0) is 15.9. The number of aromatic nitrogens is 3. The van der Waals surface area contributed by atoms with Crippen molar-refractivity contribution in [2.24, 2.45) is 0 Å². The van der Waals surface area contributed by atoms with E-state index in [9.17, 15) is 4.79 Å². The van der Waals surface area contributed by atoms with Crippen LogP contribution < -0.4 is 5.32 Å². The highest BCUT2D eigenvalue weighted by atomic mass is 32.2. The Bertz CT molecular complexity index is 628. The van der Waals surface area contributed by atoms with Gasteiger partial charge >= 0.3 is 0 Å². The van der Waals surface area contributed by atoms with Crippen LogP contribution in [-0.2, 0) is 9.53 Å². The number of carbonyl (C=O) groups excluding carboxylic acids is 1. The van der Waals surface area contributed by atoms with Crippen LogP contribution in [0, 0.1) is 13.8 Å². The highest BCUT2D eigenvalue weighted by Gasteiger charge is 2.10. The van der Waals surface area contributed by atoms with E-state index in [0.717, 1.165) is 26.3 Å². The second kappa shape index (κ2) is 8.21. The standard InChI is InChI=1S/C14H18N4O2S2/c1-9-14(22-10(2)16-9)11-4-5-13(18-17-11)21-8-12(19)15-6-7-20-3/h4-5H,6-8H2,1-3H3,(H,15,19). The molecule has 8 heteroatoms. The summed E-state index contributed by atoms with van der Waals surface area (Å²) in [7, 11) is 1.60. The van der Waals surface area contributed by atoms with E-state index in [4.69, 9.17) is 4.74 Å². The summed E-state index contributed by atoms with van der Waals surface area (Å²) < 4.78 is 4.87. The van der Waals surface area contributed by atoms with Crippen molar-refractivity contribution in [3.8, 4) is 10.6 Å². The molecule has 0 aromatic carbocycles. The van der Waals surface area contributed by atoms with Crippen LogP contribution in [0.3, 0.4) is 0 Å². The van der Waals surface area contributed by atoms with Crippen molar-refractivity contribution in [2.75, 3.05) is 26.0 Å². The van der Waals surface area contributed by atoms with Gasteiger partial charge in [0.1, 0.15) is 10.7 Å². The third-order valence-electron chi connectivity index (χ3n) is 2.76. The summed E-state index contributed by atoms with van der Waals surface area (Å²) >= 11 is 2.97. The predicted octanol–water partition coefficient (Wildman–Crippen LogP) is 2.07. The molecule has 0 unspecified atom stereocenters. The van der Waals surface area contributed by atoms with Crippen LogP contribution in [0.15, 0.2) is 17.2 Å². The Labute approximate surface area is 137 Å². The van der Waals surface area contributed by atoms with Gasteiger partial charge in [-0.15, -0.1) is 21.5 Å². The summed E-state index contributed by atoms with van der Waals surface area (Å²) in [5.41, 5.74) is 1.78. The van der Waals surface area contributed by atoms with Crippen LogP contribution in [-0.4, -0.2) is 47.1 Å². The molecular formula is C14H18N4O2S2. The molecular weight excluding hydrogens is 320 g/mol. The molecule has 1 N–H and O–H groups in total. The lowest BCUT2D eigenvalue weighted by molar-refractivity contribution is -0.118. The maximum atomic E-state index is 11.6. The molecule has 2 heterocycles. The van der Waals surface area contributed by atoms with Gasteiger partial charge in [-0.05, 0) is 26.0 Å². The van der Waals surface area contributed by atoms with Gasteiger partial charge in [0, 0.05) is 13.7 Å². The highest BCUT2D eigenvalue weighted by Crippen LogP contribution is 2.28. The second-order valence-corrected chi connectivity index (χ2v) is 6.73. The molecule has 0 bridgehead atoms. The summed E-state index contributed by atoms with van der Waals surface area (Å²) in [5.74, 6) is 0.276. The van der Waals surface area contributed by atoms with Gasteiger partial charge in [-0.1, -0.05) is 11.8 Å². The van der Waals surface area contributed by atoms with Gasteiger partial charge in [-0.2, -0.15) is 0 Å². The monoisotopic (exact) mass is 338 g/mol. The molecule has 0 aliphatic heterocycles. The van der Waals surface area contributed by atoms with E-state index in [0.29, 0.717) is 18.9 Å². The molecule has 0 aliphatic carbocycles. The van der Waals surface area contributed by atoms with Crippen LogP contribution in [0.2, 0.25) is 0 Å². The topological polar surface area (TPSA) is 77.0 Å². The smallest absolute Gasteiger partial charge is 0.230 e. The quantitative estimate of drug-likeness (QED) is 0.615. The number of aryl methyl sites for hydroxylation is 2. The number of amides is 1. The molecule has 1 amide bonds. The van der Waals surface area contributed by atoms with E-state index in [-0.39, 0.29) is 5.91 Å². The fourth-order valence-electron chi connectivity index (χ4n) is 1.77. The molecule has 0 atom stereocenters. The van der Waals surface area contributed by atoms with E-state index < -0.39 is 0 Å². The minimum absolute atomic E-state index is 0.0400. The van der Waals surface area contributed by atoms with Crippen LogP contribution in [0.4, 0.5) is 0 Å². The molecule has 0 fully saturated rings. The number of nitrogens with zero attached hydrogens (tertiary/aromatic N) is 3. The summed E-state index contributed by atoms with van der Waals surface area (Å²) in [6.45, 7) is 4.97. The van der Waals surface area contributed by atoms with Crippen molar-refractivity contribution < 1.29 is 9.53 Å². The lowest BCUT2D eigenvalue weighted by Gasteiger charge is -2.04. The Hall–Kier alpha value is -1.51. The first-order valence-electron chi connectivity index (χ1n) is 6.76. The van der Waals surface area contributed by atoms with E-state index in [1.807, 2.05) is 26.0 Å². The minimum atomic E-state index is -0.0400. The van der Waals surface area contributed by atoms with Crippen molar-refractivity contribution in [3.63, 3.8) is 0 Å². The van der Waals surface area contributed by atoms with Gasteiger partial charge in [-0.3, -0.25) is 4.79 Å². The number of nitrogens with one attached hydrogen (secondary N) is 1. The molecule has 6 nitrogen and oxygen atoms in total. The number of hydrogen-bond acceptors (Lipinski definition) is 7. The molecule has 0 aliphatic rings. The average molecular weight is 338 g/mol. The van der Waals surface area contributed by atoms with Crippen molar-refractivity contribution >= 4 is 29.0 Å². The molecule has 118 valence electrons. The molecule has 0 spiro atoms. The van der Waals surface area contributed by atoms with Crippen molar-refractivity contribution in [2.45, 2.75) is 18.9 Å². The SMILES string of the molecule is COCCNC(=O)CSc1ccc(-c2sc(C)nc2C)nn1. The van der Waals surface area contributed by atoms with Crippen LogP contribution in [0.1, 0.15) is 10.7 Å². The zero-order valence-corrected chi connectivity index (χ0v) is 14.4. The van der Waals surface area contributed by atoms with Crippen molar-refractivity contribution in [1.29, 1.82) is 0 Å². The molecule has 0 radical (unpaired) electrons. The lowest BCUT2D eigenvalue weighted by atomic mass is 10.3. The van der Waals surface area contributed by atoms with E-state index in [1.165, 1.54) is 11.8 Å². The maximum Gasteiger partial charge on any atom is 0.230 e. The Morgan fingerprint density at radius 2 is 2.18 bits per heavy atom. The molecule has 0 saturated carbocycles. The number of hydrogen-bond donors (Lipinski definition) is 1. The molecule has 0 saturated heterocycles. The number of thiazole rings is 1. The van der Waals surface area contributed by atoms with Gasteiger partial charge in [0.05, 0.1) is 27.9 Å². The second-order valence-electron chi connectivity index (χ2n) is 4.54. The summed E-state index contributed by atoms with van der Waals surface area (Å²) in [4.78, 5) is 17.0. The number of ether oxygens (including phenoxy) is 1. The normalized spacial score (nSPS) is 10.7. The largest absolute Gasteiger partial charge is 0.383 e. The van der Waals surface area contributed by atoms with Crippen LogP contribution in [0.25, 0.3) is 10.6 Å². The molecule has 2 aromatic rings. The predicted molar refractivity (Wildman–Crippen MR) is 88.2 cm³/mol. The first-order valence-corrected chi connectivity index (χ1v) is 8.57. The Morgan fingerprint density at radius 1 is 1.36 bits per heavy atom.